The maximum absolute atomic E-state index is 13.4. The lowest BCUT2D eigenvalue weighted by Gasteiger charge is -2.06. The average Bonchev–Trinajstić information content (AvgIpc) is 2.68. The number of nitrogens with zero attached hydrogens (tertiary/aromatic N) is 2. The molecule has 1 aliphatic rings. The monoisotopic (exact) mass is 190 g/mol. The molecule has 0 N–H and O–H groups in total. The van der Waals surface area contributed by atoms with Crippen LogP contribution in [0.5, 0.6) is 0 Å². The van der Waals surface area contributed by atoms with Crippen molar-refractivity contribution >= 4 is 11.0 Å². The minimum absolute atomic E-state index is 0.211. The lowest BCUT2D eigenvalue weighted by Crippen LogP contribution is -1.97. The van der Waals surface area contributed by atoms with Gasteiger partial charge in [0, 0.05) is 12.5 Å². The standard InChI is InChI=1S/C11H11FN2/c1-7-5-6-10-13-11-8(12)3-2-4-9(11)14(7)10/h2-4,7H,5-6H2,1H3. The van der Waals surface area contributed by atoms with Gasteiger partial charge in [-0.2, -0.15) is 0 Å². The Bertz CT molecular complexity index is 501. The molecule has 3 heteroatoms. The van der Waals surface area contributed by atoms with Crippen LogP contribution in [-0.4, -0.2) is 9.55 Å². The van der Waals surface area contributed by atoms with Crippen molar-refractivity contribution in [1.29, 1.82) is 0 Å². The first-order valence-electron chi connectivity index (χ1n) is 4.92. The summed E-state index contributed by atoms with van der Waals surface area (Å²) in [5, 5.41) is 0. The van der Waals surface area contributed by atoms with Crippen molar-refractivity contribution < 1.29 is 4.39 Å². The lowest BCUT2D eigenvalue weighted by atomic mass is 10.2. The molecule has 3 rings (SSSR count). The molecule has 2 aromatic rings. The van der Waals surface area contributed by atoms with Crippen molar-refractivity contribution in [2.75, 3.05) is 0 Å². The van der Waals surface area contributed by atoms with Gasteiger partial charge in [0.1, 0.15) is 11.3 Å². The molecule has 14 heavy (non-hydrogen) atoms. The first kappa shape index (κ1) is 7.97. The zero-order valence-electron chi connectivity index (χ0n) is 8.00. The van der Waals surface area contributed by atoms with Crippen LogP contribution in [0.4, 0.5) is 4.39 Å². The molecule has 1 aromatic heterocycles. The number of hydrogen-bond donors (Lipinski definition) is 0. The smallest absolute Gasteiger partial charge is 0.151 e. The van der Waals surface area contributed by atoms with Gasteiger partial charge in [0.2, 0.25) is 0 Å². The quantitative estimate of drug-likeness (QED) is 0.624. The largest absolute Gasteiger partial charge is 0.325 e. The van der Waals surface area contributed by atoms with Crippen molar-refractivity contribution in [2.45, 2.75) is 25.8 Å². The topological polar surface area (TPSA) is 17.8 Å². The molecule has 1 atom stereocenters. The molecule has 1 unspecified atom stereocenters. The van der Waals surface area contributed by atoms with Crippen LogP contribution >= 0.6 is 0 Å². The predicted octanol–water partition coefficient (Wildman–Crippen LogP) is 2.68. The molecule has 0 saturated heterocycles. The summed E-state index contributed by atoms with van der Waals surface area (Å²) in [4.78, 5) is 4.33. The minimum Gasteiger partial charge on any atom is -0.325 e. The second-order valence-electron chi connectivity index (χ2n) is 3.89. The van der Waals surface area contributed by atoms with Crippen molar-refractivity contribution in [3.05, 3.63) is 29.8 Å². The van der Waals surface area contributed by atoms with Gasteiger partial charge < -0.3 is 4.57 Å². The molecular weight excluding hydrogens is 179 g/mol. The molecule has 1 aliphatic heterocycles. The summed E-state index contributed by atoms with van der Waals surface area (Å²) in [6.45, 7) is 2.16. The molecule has 0 amide bonds. The van der Waals surface area contributed by atoms with Gasteiger partial charge in [0.25, 0.3) is 0 Å². The molecule has 0 aliphatic carbocycles. The van der Waals surface area contributed by atoms with E-state index in [1.807, 2.05) is 6.07 Å². The molecule has 0 saturated carbocycles. The van der Waals surface area contributed by atoms with E-state index in [1.165, 1.54) is 6.07 Å². The van der Waals surface area contributed by atoms with Gasteiger partial charge in [0.15, 0.2) is 5.82 Å². The van der Waals surface area contributed by atoms with Crippen molar-refractivity contribution in [3.63, 3.8) is 0 Å². The maximum atomic E-state index is 13.4. The summed E-state index contributed by atoms with van der Waals surface area (Å²) >= 11 is 0. The Balaban J connectivity index is 2.41. The fourth-order valence-electron chi connectivity index (χ4n) is 2.27. The highest BCUT2D eigenvalue weighted by atomic mass is 19.1. The fourth-order valence-corrected chi connectivity index (χ4v) is 2.27. The van der Waals surface area contributed by atoms with Crippen LogP contribution in [0.2, 0.25) is 0 Å². The van der Waals surface area contributed by atoms with E-state index in [9.17, 15) is 4.39 Å². The van der Waals surface area contributed by atoms with Gasteiger partial charge in [-0.3, -0.25) is 0 Å². The third-order valence-electron chi connectivity index (χ3n) is 2.97. The summed E-state index contributed by atoms with van der Waals surface area (Å²) < 4.78 is 15.5. The zero-order chi connectivity index (χ0) is 9.71. The molecule has 0 spiro atoms. The van der Waals surface area contributed by atoms with E-state index in [4.69, 9.17) is 0 Å². The van der Waals surface area contributed by atoms with Crippen molar-refractivity contribution in [3.8, 4) is 0 Å². The van der Waals surface area contributed by atoms with Crippen molar-refractivity contribution in [2.24, 2.45) is 0 Å². The van der Waals surface area contributed by atoms with Gasteiger partial charge in [-0.1, -0.05) is 6.07 Å². The van der Waals surface area contributed by atoms with Crippen LogP contribution in [0.1, 0.15) is 25.2 Å². The van der Waals surface area contributed by atoms with E-state index < -0.39 is 0 Å². The third kappa shape index (κ3) is 0.870. The van der Waals surface area contributed by atoms with E-state index in [2.05, 4.69) is 16.5 Å². The minimum atomic E-state index is -0.211. The third-order valence-corrected chi connectivity index (χ3v) is 2.97. The molecule has 72 valence electrons. The zero-order valence-corrected chi connectivity index (χ0v) is 8.00. The number of fused-ring (bicyclic) bond motifs is 3. The first-order valence-corrected chi connectivity index (χ1v) is 4.92. The van der Waals surface area contributed by atoms with Gasteiger partial charge >= 0.3 is 0 Å². The first-order chi connectivity index (χ1) is 6.77. The summed E-state index contributed by atoms with van der Waals surface area (Å²) in [5.74, 6) is 0.814. The Morgan fingerprint density at radius 1 is 1.50 bits per heavy atom. The normalized spacial score (nSPS) is 20.3. The summed E-state index contributed by atoms with van der Waals surface area (Å²) in [7, 11) is 0. The van der Waals surface area contributed by atoms with E-state index in [0.717, 1.165) is 24.2 Å². The van der Waals surface area contributed by atoms with Crippen LogP contribution in [0.3, 0.4) is 0 Å². The predicted molar refractivity (Wildman–Crippen MR) is 52.7 cm³/mol. The summed E-state index contributed by atoms with van der Waals surface area (Å²) in [6, 6.07) is 5.61. The highest BCUT2D eigenvalue weighted by Crippen LogP contribution is 2.30. The average molecular weight is 190 g/mol. The van der Waals surface area contributed by atoms with Gasteiger partial charge in [-0.05, 0) is 25.5 Å². The maximum Gasteiger partial charge on any atom is 0.151 e. The number of hydrogen-bond acceptors (Lipinski definition) is 1. The summed E-state index contributed by atoms with van der Waals surface area (Å²) in [6.07, 6.45) is 2.09. The van der Waals surface area contributed by atoms with E-state index in [1.54, 1.807) is 6.07 Å². The highest BCUT2D eigenvalue weighted by Gasteiger charge is 2.23. The van der Waals surface area contributed by atoms with Gasteiger partial charge in [-0.15, -0.1) is 0 Å². The molecule has 2 nitrogen and oxygen atoms in total. The van der Waals surface area contributed by atoms with Crippen LogP contribution in [0.15, 0.2) is 18.2 Å². The van der Waals surface area contributed by atoms with E-state index in [-0.39, 0.29) is 5.82 Å². The van der Waals surface area contributed by atoms with Crippen LogP contribution in [0, 0.1) is 5.82 Å². The fraction of sp³-hybridized carbons (Fsp3) is 0.364. The van der Waals surface area contributed by atoms with Crippen LogP contribution < -0.4 is 0 Å². The van der Waals surface area contributed by atoms with Crippen LogP contribution in [0.25, 0.3) is 11.0 Å². The Morgan fingerprint density at radius 2 is 2.36 bits per heavy atom. The van der Waals surface area contributed by atoms with Crippen LogP contribution in [-0.2, 0) is 6.42 Å². The summed E-state index contributed by atoms with van der Waals surface area (Å²) in [5.41, 5.74) is 1.46. The molecule has 2 heterocycles. The second kappa shape index (κ2) is 2.56. The highest BCUT2D eigenvalue weighted by molar-refractivity contribution is 5.77. The molecule has 1 aromatic carbocycles. The Kier molecular flexibility index (Phi) is 1.46. The Morgan fingerprint density at radius 3 is 3.21 bits per heavy atom. The van der Waals surface area contributed by atoms with E-state index >= 15 is 0 Å². The Labute approximate surface area is 81.4 Å². The molecule has 0 bridgehead atoms. The number of para-hydroxylation sites is 1. The SMILES string of the molecule is CC1CCc2nc3c(F)cccc3n21. The number of rotatable bonds is 0. The molecular formula is C11H11FN2. The number of benzene rings is 1. The second-order valence-corrected chi connectivity index (χ2v) is 3.89. The Hall–Kier alpha value is -1.38. The number of imidazole rings is 1. The van der Waals surface area contributed by atoms with Crippen molar-refractivity contribution in [1.82, 2.24) is 9.55 Å². The van der Waals surface area contributed by atoms with Gasteiger partial charge in [0.05, 0.1) is 5.52 Å². The molecule has 0 fully saturated rings. The van der Waals surface area contributed by atoms with Gasteiger partial charge in [-0.25, -0.2) is 9.37 Å². The molecule has 0 radical (unpaired) electrons. The number of aryl methyl sites for hydroxylation is 1. The van der Waals surface area contributed by atoms with E-state index in [0.29, 0.717) is 11.6 Å². The number of halogens is 1. The lowest BCUT2D eigenvalue weighted by molar-refractivity contribution is 0.595. The number of aromatic nitrogens is 2.